The fourth-order valence-electron chi connectivity index (χ4n) is 2.47. The number of nitrogens with one attached hydrogen (secondary N) is 1. The van der Waals surface area contributed by atoms with E-state index in [1.54, 1.807) is 39.5 Å². The van der Waals surface area contributed by atoms with E-state index in [1.807, 2.05) is 0 Å². The van der Waals surface area contributed by atoms with Gasteiger partial charge in [0.25, 0.3) is 5.91 Å². The SMILES string of the molecule is COc1cc(CNC(=O)c2cc(C3CC3)on2)cc(OC)c1OC. The standard InChI is InChI=1S/C17H20N2O5/c1-21-14-6-10(7-15(22-2)16(14)23-3)9-18-17(20)12-8-13(24-19-12)11-4-5-11/h6-8,11H,4-5,9H2,1-3H3,(H,18,20). The van der Waals surface area contributed by atoms with Crippen LogP contribution in [0.4, 0.5) is 0 Å². The molecule has 1 aromatic heterocycles. The highest BCUT2D eigenvalue weighted by molar-refractivity contribution is 5.92. The van der Waals surface area contributed by atoms with E-state index in [4.69, 9.17) is 18.7 Å². The first-order valence-corrected chi connectivity index (χ1v) is 7.70. The van der Waals surface area contributed by atoms with Crippen LogP contribution in [-0.2, 0) is 6.54 Å². The minimum Gasteiger partial charge on any atom is -0.493 e. The molecule has 1 aromatic carbocycles. The molecule has 3 rings (SSSR count). The summed E-state index contributed by atoms with van der Waals surface area (Å²) < 4.78 is 21.1. The quantitative estimate of drug-likeness (QED) is 0.839. The second kappa shape index (κ2) is 6.82. The van der Waals surface area contributed by atoms with Crippen LogP contribution in [0.25, 0.3) is 0 Å². The van der Waals surface area contributed by atoms with Gasteiger partial charge in [0.1, 0.15) is 5.76 Å². The summed E-state index contributed by atoms with van der Waals surface area (Å²) in [6.45, 7) is 0.307. The number of aromatic nitrogens is 1. The number of ether oxygens (including phenoxy) is 3. The third-order valence-electron chi connectivity index (χ3n) is 3.92. The lowest BCUT2D eigenvalue weighted by Crippen LogP contribution is -2.23. The number of hydrogen-bond acceptors (Lipinski definition) is 6. The Hall–Kier alpha value is -2.70. The molecule has 24 heavy (non-hydrogen) atoms. The number of nitrogens with zero attached hydrogens (tertiary/aromatic N) is 1. The van der Waals surface area contributed by atoms with E-state index in [0.29, 0.717) is 35.4 Å². The van der Waals surface area contributed by atoms with E-state index in [0.717, 1.165) is 24.2 Å². The van der Waals surface area contributed by atoms with Crippen molar-refractivity contribution in [1.29, 1.82) is 0 Å². The molecule has 2 aromatic rings. The van der Waals surface area contributed by atoms with Gasteiger partial charge in [-0.2, -0.15) is 0 Å². The van der Waals surface area contributed by atoms with Gasteiger partial charge in [-0.25, -0.2) is 0 Å². The van der Waals surface area contributed by atoms with Crippen LogP contribution < -0.4 is 19.5 Å². The predicted octanol–water partition coefficient (Wildman–Crippen LogP) is 2.51. The summed E-state index contributed by atoms with van der Waals surface area (Å²) >= 11 is 0. The van der Waals surface area contributed by atoms with Crippen molar-refractivity contribution in [3.8, 4) is 17.2 Å². The van der Waals surface area contributed by atoms with Crippen molar-refractivity contribution in [2.24, 2.45) is 0 Å². The summed E-state index contributed by atoms with van der Waals surface area (Å²) in [6.07, 6.45) is 2.20. The maximum atomic E-state index is 12.2. The average molecular weight is 332 g/mol. The van der Waals surface area contributed by atoms with Gasteiger partial charge in [-0.1, -0.05) is 5.16 Å². The van der Waals surface area contributed by atoms with Gasteiger partial charge >= 0.3 is 0 Å². The minimum atomic E-state index is -0.278. The van der Waals surface area contributed by atoms with Crippen LogP contribution in [0.3, 0.4) is 0 Å². The third-order valence-corrected chi connectivity index (χ3v) is 3.92. The zero-order valence-electron chi connectivity index (χ0n) is 13.9. The molecule has 1 aliphatic rings. The first-order chi connectivity index (χ1) is 11.7. The molecule has 0 spiro atoms. The van der Waals surface area contributed by atoms with Crippen LogP contribution in [0.1, 0.15) is 40.6 Å². The molecule has 1 aliphatic carbocycles. The van der Waals surface area contributed by atoms with Crippen molar-refractivity contribution in [2.45, 2.75) is 25.3 Å². The highest BCUT2D eigenvalue weighted by atomic mass is 16.5. The molecule has 7 heteroatoms. The fourth-order valence-corrected chi connectivity index (χ4v) is 2.47. The van der Waals surface area contributed by atoms with Crippen LogP contribution >= 0.6 is 0 Å². The Morgan fingerprint density at radius 3 is 2.38 bits per heavy atom. The normalized spacial score (nSPS) is 13.5. The van der Waals surface area contributed by atoms with Crippen molar-refractivity contribution in [1.82, 2.24) is 10.5 Å². The van der Waals surface area contributed by atoms with E-state index in [-0.39, 0.29) is 5.91 Å². The van der Waals surface area contributed by atoms with Crippen LogP contribution in [0.15, 0.2) is 22.7 Å². The van der Waals surface area contributed by atoms with Crippen LogP contribution in [-0.4, -0.2) is 32.4 Å². The van der Waals surface area contributed by atoms with Crippen molar-refractivity contribution >= 4 is 5.91 Å². The molecule has 0 saturated heterocycles. The van der Waals surface area contributed by atoms with Crippen LogP contribution in [0, 0.1) is 0 Å². The zero-order valence-corrected chi connectivity index (χ0v) is 13.9. The molecule has 1 N–H and O–H groups in total. The lowest BCUT2D eigenvalue weighted by atomic mass is 10.1. The van der Waals surface area contributed by atoms with Gasteiger partial charge in [0, 0.05) is 18.5 Å². The summed E-state index contributed by atoms with van der Waals surface area (Å²) in [5.74, 6) is 2.53. The van der Waals surface area contributed by atoms with E-state index in [2.05, 4.69) is 10.5 Å². The Morgan fingerprint density at radius 2 is 1.83 bits per heavy atom. The van der Waals surface area contributed by atoms with Crippen molar-refractivity contribution in [2.75, 3.05) is 21.3 Å². The molecule has 0 atom stereocenters. The largest absolute Gasteiger partial charge is 0.493 e. The predicted molar refractivity (Wildman–Crippen MR) is 85.7 cm³/mol. The van der Waals surface area contributed by atoms with Gasteiger partial charge < -0.3 is 24.1 Å². The number of amides is 1. The highest BCUT2D eigenvalue weighted by Gasteiger charge is 2.28. The van der Waals surface area contributed by atoms with E-state index >= 15 is 0 Å². The number of carbonyl (C=O) groups is 1. The van der Waals surface area contributed by atoms with Gasteiger partial charge in [-0.05, 0) is 30.5 Å². The fraction of sp³-hybridized carbons (Fsp3) is 0.412. The molecule has 0 bridgehead atoms. The van der Waals surface area contributed by atoms with Gasteiger partial charge in [-0.3, -0.25) is 4.79 Å². The van der Waals surface area contributed by atoms with Gasteiger partial charge in [0.05, 0.1) is 21.3 Å². The number of methoxy groups -OCH3 is 3. The first-order valence-electron chi connectivity index (χ1n) is 7.70. The van der Waals surface area contributed by atoms with Crippen LogP contribution in [0.5, 0.6) is 17.2 Å². The summed E-state index contributed by atoms with van der Waals surface area (Å²) in [5.41, 5.74) is 1.12. The lowest BCUT2D eigenvalue weighted by Gasteiger charge is -2.14. The molecule has 1 saturated carbocycles. The summed E-state index contributed by atoms with van der Waals surface area (Å²) in [6, 6.07) is 5.29. The highest BCUT2D eigenvalue weighted by Crippen LogP contribution is 2.40. The number of hydrogen-bond donors (Lipinski definition) is 1. The van der Waals surface area contributed by atoms with Gasteiger partial charge in [0.2, 0.25) is 5.75 Å². The molecule has 7 nitrogen and oxygen atoms in total. The molecular formula is C17H20N2O5. The second-order valence-electron chi connectivity index (χ2n) is 5.61. The topological polar surface area (TPSA) is 82.8 Å². The number of carbonyl (C=O) groups excluding carboxylic acids is 1. The Morgan fingerprint density at radius 1 is 1.17 bits per heavy atom. The van der Waals surface area contributed by atoms with E-state index in [9.17, 15) is 4.79 Å². The maximum Gasteiger partial charge on any atom is 0.273 e. The molecule has 128 valence electrons. The number of benzene rings is 1. The summed E-state index contributed by atoms with van der Waals surface area (Å²) in [7, 11) is 4.65. The lowest BCUT2D eigenvalue weighted by molar-refractivity contribution is 0.0941. The van der Waals surface area contributed by atoms with Gasteiger partial charge in [-0.15, -0.1) is 0 Å². The third kappa shape index (κ3) is 3.29. The minimum absolute atomic E-state index is 0.278. The van der Waals surface area contributed by atoms with E-state index in [1.165, 1.54) is 0 Å². The summed E-state index contributed by atoms with van der Waals surface area (Å²) in [5, 5.41) is 6.64. The molecule has 0 radical (unpaired) electrons. The maximum absolute atomic E-state index is 12.2. The van der Waals surface area contributed by atoms with Crippen LogP contribution in [0.2, 0.25) is 0 Å². The number of rotatable bonds is 7. The Bertz CT molecular complexity index is 711. The molecule has 0 unspecified atom stereocenters. The smallest absolute Gasteiger partial charge is 0.273 e. The Balaban J connectivity index is 1.69. The van der Waals surface area contributed by atoms with Crippen molar-refractivity contribution < 1.29 is 23.5 Å². The molecular weight excluding hydrogens is 312 g/mol. The first kappa shape index (κ1) is 16.2. The average Bonchev–Trinajstić information content (AvgIpc) is 3.35. The molecule has 0 aliphatic heterocycles. The van der Waals surface area contributed by atoms with Crippen molar-refractivity contribution in [3.05, 3.63) is 35.2 Å². The zero-order chi connectivity index (χ0) is 17.1. The van der Waals surface area contributed by atoms with E-state index < -0.39 is 0 Å². The Labute approximate surface area is 139 Å². The second-order valence-corrected chi connectivity index (χ2v) is 5.61. The van der Waals surface area contributed by atoms with Gasteiger partial charge in [0.15, 0.2) is 17.2 Å². The molecule has 1 fully saturated rings. The van der Waals surface area contributed by atoms with Crippen molar-refractivity contribution in [3.63, 3.8) is 0 Å². The summed E-state index contributed by atoms with van der Waals surface area (Å²) in [4.78, 5) is 12.2. The Kier molecular flexibility index (Phi) is 4.59. The monoisotopic (exact) mass is 332 g/mol. The molecule has 1 heterocycles. The molecule has 1 amide bonds.